The summed E-state index contributed by atoms with van der Waals surface area (Å²) in [4.78, 5) is 21.2. The highest BCUT2D eigenvalue weighted by Gasteiger charge is 2.39. The van der Waals surface area contributed by atoms with Crippen LogP contribution in [0, 0.1) is 5.41 Å². The number of benzene rings is 2. The van der Waals surface area contributed by atoms with E-state index >= 15 is 0 Å². The van der Waals surface area contributed by atoms with Gasteiger partial charge in [-0.1, -0.05) is 30.3 Å². The molecule has 1 N–H and O–H groups in total. The number of likely N-dealkylation sites (tertiary alicyclic amines) is 2. The van der Waals surface area contributed by atoms with E-state index in [1.54, 1.807) is 19.4 Å². The van der Waals surface area contributed by atoms with Gasteiger partial charge in [0.2, 0.25) is 0 Å². The first kappa shape index (κ1) is 24.1. The molecule has 1 aromatic heterocycles. The highest BCUT2D eigenvalue weighted by molar-refractivity contribution is 5.94. The maximum Gasteiger partial charge on any atom is 0.276 e. The average Bonchev–Trinajstić information content (AvgIpc) is 2.92. The first-order chi connectivity index (χ1) is 17.6. The lowest BCUT2D eigenvalue weighted by Crippen LogP contribution is -2.48. The molecule has 0 radical (unpaired) electrons. The van der Waals surface area contributed by atoms with Crippen molar-refractivity contribution in [1.29, 1.82) is 0 Å². The molecule has 2 aliphatic heterocycles. The third kappa shape index (κ3) is 5.16. The third-order valence-corrected chi connectivity index (χ3v) is 7.67. The van der Waals surface area contributed by atoms with Crippen LogP contribution in [0.4, 0.5) is 0 Å². The Hall–Kier alpha value is -3.58. The minimum Gasteiger partial charge on any atom is -0.505 e. The molecule has 5 rings (SSSR count). The van der Waals surface area contributed by atoms with E-state index in [0.29, 0.717) is 18.8 Å². The van der Waals surface area contributed by atoms with Gasteiger partial charge in [-0.05, 0) is 74.5 Å². The van der Waals surface area contributed by atoms with Crippen molar-refractivity contribution in [2.24, 2.45) is 5.41 Å². The second-order valence-corrected chi connectivity index (χ2v) is 9.80. The van der Waals surface area contributed by atoms with Crippen LogP contribution < -0.4 is 9.47 Å². The number of aromatic nitrogens is 1. The van der Waals surface area contributed by atoms with Gasteiger partial charge in [0.1, 0.15) is 11.5 Å². The monoisotopic (exact) mass is 487 g/mol. The second-order valence-electron chi connectivity index (χ2n) is 9.80. The van der Waals surface area contributed by atoms with Crippen LogP contribution in [0.1, 0.15) is 41.7 Å². The zero-order valence-corrected chi connectivity index (χ0v) is 20.7. The van der Waals surface area contributed by atoms with Gasteiger partial charge < -0.3 is 19.5 Å². The highest BCUT2D eigenvalue weighted by atomic mass is 16.5. The van der Waals surface area contributed by atoms with Crippen molar-refractivity contribution < 1.29 is 19.4 Å². The summed E-state index contributed by atoms with van der Waals surface area (Å²) in [7, 11) is 1.65. The molecule has 0 aliphatic carbocycles. The molecule has 0 unspecified atom stereocenters. The van der Waals surface area contributed by atoms with Crippen molar-refractivity contribution in [3.63, 3.8) is 0 Å². The zero-order valence-electron chi connectivity index (χ0n) is 20.7. The van der Waals surface area contributed by atoms with Crippen LogP contribution in [0.25, 0.3) is 0 Å². The normalized spacial score (nSPS) is 17.6. The van der Waals surface area contributed by atoms with E-state index in [4.69, 9.17) is 9.47 Å². The number of amides is 1. The summed E-state index contributed by atoms with van der Waals surface area (Å²) in [5, 5.41) is 10.0. The number of para-hydroxylation sites is 3. The average molecular weight is 488 g/mol. The number of piperidine rings is 2. The summed E-state index contributed by atoms with van der Waals surface area (Å²) >= 11 is 0. The molecule has 0 saturated carbocycles. The molecule has 1 amide bonds. The fourth-order valence-electron chi connectivity index (χ4n) is 5.38. The minimum absolute atomic E-state index is 0.0499. The molecule has 0 bridgehead atoms. The number of pyridine rings is 1. The van der Waals surface area contributed by atoms with Gasteiger partial charge in [-0.3, -0.25) is 9.69 Å². The van der Waals surface area contributed by atoms with Crippen LogP contribution in [-0.2, 0) is 6.54 Å². The Morgan fingerprint density at radius 2 is 1.53 bits per heavy atom. The quantitative estimate of drug-likeness (QED) is 0.521. The maximum absolute atomic E-state index is 12.8. The molecule has 2 saturated heterocycles. The van der Waals surface area contributed by atoms with Gasteiger partial charge >= 0.3 is 0 Å². The van der Waals surface area contributed by atoms with Crippen LogP contribution in [-0.4, -0.2) is 59.1 Å². The molecular formula is C29H33N3O4. The van der Waals surface area contributed by atoms with Crippen molar-refractivity contribution >= 4 is 5.91 Å². The Kier molecular flexibility index (Phi) is 7.09. The van der Waals surface area contributed by atoms with Gasteiger partial charge in [-0.2, -0.15) is 0 Å². The summed E-state index contributed by atoms with van der Waals surface area (Å²) in [6.45, 7) is 4.32. The Morgan fingerprint density at radius 1 is 0.889 bits per heavy atom. The van der Waals surface area contributed by atoms with Crippen LogP contribution in [0.5, 0.6) is 23.0 Å². The smallest absolute Gasteiger partial charge is 0.276 e. The topological polar surface area (TPSA) is 75.1 Å². The van der Waals surface area contributed by atoms with E-state index in [9.17, 15) is 9.90 Å². The lowest BCUT2D eigenvalue weighted by molar-refractivity contribution is 0.0280. The molecule has 0 atom stereocenters. The van der Waals surface area contributed by atoms with E-state index in [1.165, 1.54) is 6.07 Å². The largest absolute Gasteiger partial charge is 0.505 e. The molecule has 2 aromatic carbocycles. The second kappa shape index (κ2) is 10.6. The van der Waals surface area contributed by atoms with E-state index in [1.807, 2.05) is 41.3 Å². The third-order valence-electron chi connectivity index (χ3n) is 7.67. The number of hydrogen-bond acceptors (Lipinski definition) is 6. The van der Waals surface area contributed by atoms with Crippen molar-refractivity contribution in [3.8, 4) is 23.0 Å². The predicted molar refractivity (Wildman–Crippen MR) is 137 cm³/mol. The van der Waals surface area contributed by atoms with Gasteiger partial charge in [0.15, 0.2) is 17.2 Å². The number of carbonyl (C=O) groups is 1. The number of ether oxygens (including phenoxy) is 2. The van der Waals surface area contributed by atoms with Gasteiger partial charge in [0.05, 0.1) is 7.11 Å². The molecule has 1 spiro atoms. The van der Waals surface area contributed by atoms with Crippen molar-refractivity contribution in [2.45, 2.75) is 32.2 Å². The van der Waals surface area contributed by atoms with Gasteiger partial charge in [-0.15, -0.1) is 0 Å². The molecule has 2 fully saturated rings. The minimum atomic E-state index is -0.174. The highest BCUT2D eigenvalue weighted by Crippen LogP contribution is 2.42. The number of aromatic hydroxyl groups is 1. The summed E-state index contributed by atoms with van der Waals surface area (Å²) in [5.41, 5.74) is 1.60. The standard InChI is InChI=1S/C29H33N3O4/c1-35-25-10-4-5-11-26(25)36-24-9-3-2-7-22(24)21-31-17-12-29(13-18-31)14-19-32(20-15-29)28(34)27-23(33)8-6-16-30-27/h2-11,16,33H,12-15,17-21H2,1H3. The lowest BCUT2D eigenvalue weighted by atomic mass is 9.71. The first-order valence-electron chi connectivity index (χ1n) is 12.6. The SMILES string of the molecule is COc1ccccc1Oc1ccccc1CN1CCC2(CC1)CCN(C(=O)c1ncccc1O)CC2. The zero-order chi connectivity index (χ0) is 25.0. The van der Waals surface area contributed by atoms with Gasteiger partial charge in [-0.25, -0.2) is 4.98 Å². The van der Waals surface area contributed by atoms with Crippen LogP contribution in [0.15, 0.2) is 66.9 Å². The molecule has 2 aliphatic rings. The Balaban J connectivity index is 1.17. The summed E-state index contributed by atoms with van der Waals surface area (Å²) in [6.07, 6.45) is 5.79. The fraction of sp³-hybridized carbons (Fsp3) is 0.379. The van der Waals surface area contributed by atoms with E-state index in [2.05, 4.69) is 22.0 Å². The number of hydrogen-bond donors (Lipinski definition) is 1. The number of nitrogens with zero attached hydrogens (tertiary/aromatic N) is 3. The van der Waals surface area contributed by atoms with E-state index < -0.39 is 0 Å². The van der Waals surface area contributed by atoms with Crippen LogP contribution >= 0.6 is 0 Å². The summed E-state index contributed by atoms with van der Waals surface area (Å²) < 4.78 is 11.7. The molecule has 7 nitrogen and oxygen atoms in total. The van der Waals surface area contributed by atoms with Crippen molar-refractivity contribution in [3.05, 3.63) is 78.1 Å². The number of rotatable bonds is 6. The van der Waals surface area contributed by atoms with Crippen LogP contribution in [0.3, 0.4) is 0 Å². The molecule has 188 valence electrons. The maximum atomic E-state index is 12.8. The van der Waals surface area contributed by atoms with E-state index in [-0.39, 0.29) is 22.8 Å². The molecular weight excluding hydrogens is 454 g/mol. The lowest BCUT2D eigenvalue weighted by Gasteiger charge is -2.47. The van der Waals surface area contributed by atoms with Crippen molar-refractivity contribution in [2.75, 3.05) is 33.3 Å². The summed E-state index contributed by atoms with van der Waals surface area (Å²) in [5.74, 6) is 2.06. The Morgan fingerprint density at radius 3 is 2.22 bits per heavy atom. The van der Waals surface area contributed by atoms with Gasteiger partial charge in [0.25, 0.3) is 5.91 Å². The predicted octanol–water partition coefficient (Wildman–Crippen LogP) is 5.11. The molecule has 7 heteroatoms. The summed E-state index contributed by atoms with van der Waals surface area (Å²) in [6, 6.07) is 19.1. The van der Waals surface area contributed by atoms with Gasteiger partial charge in [0, 0.05) is 31.4 Å². The van der Waals surface area contributed by atoms with Crippen LogP contribution in [0.2, 0.25) is 0 Å². The Labute approximate surface area is 212 Å². The fourth-order valence-corrected chi connectivity index (χ4v) is 5.38. The molecule has 36 heavy (non-hydrogen) atoms. The van der Waals surface area contributed by atoms with E-state index in [0.717, 1.165) is 62.4 Å². The number of methoxy groups -OCH3 is 1. The number of carbonyl (C=O) groups excluding carboxylic acids is 1. The molecule has 3 aromatic rings. The van der Waals surface area contributed by atoms with Crippen molar-refractivity contribution in [1.82, 2.24) is 14.8 Å². The Bertz CT molecular complexity index is 1200. The molecule has 3 heterocycles. The first-order valence-corrected chi connectivity index (χ1v) is 12.6.